The summed E-state index contributed by atoms with van der Waals surface area (Å²) >= 11 is 0. The molecule has 0 aliphatic carbocycles. The molecule has 0 aromatic carbocycles. The van der Waals surface area contributed by atoms with Gasteiger partial charge in [-0.25, -0.2) is 18.7 Å². The monoisotopic (exact) mass is 568 g/mol. The summed E-state index contributed by atoms with van der Waals surface area (Å²) in [6, 6.07) is 5.17. The van der Waals surface area contributed by atoms with E-state index in [2.05, 4.69) is 30.4 Å². The number of aromatic amines is 2. The summed E-state index contributed by atoms with van der Waals surface area (Å²) in [5.41, 5.74) is -0.891. The Kier molecular flexibility index (Phi) is 11.3. The molecule has 0 aliphatic heterocycles. The number of H-pyrrole nitrogens is 2. The molecule has 0 aliphatic rings. The molecule has 0 fully saturated rings. The lowest BCUT2D eigenvalue weighted by atomic mass is 10.2. The van der Waals surface area contributed by atoms with Crippen molar-refractivity contribution in [2.75, 3.05) is 0 Å². The molecule has 4 aromatic rings. The molecule has 0 saturated heterocycles. The summed E-state index contributed by atoms with van der Waals surface area (Å²) in [5.74, 6) is -3.09. The van der Waals surface area contributed by atoms with Crippen LogP contribution in [0.1, 0.15) is 0 Å². The van der Waals surface area contributed by atoms with Crippen molar-refractivity contribution in [3.8, 4) is 22.8 Å². The van der Waals surface area contributed by atoms with Gasteiger partial charge in [0.25, 0.3) is 5.09 Å². The zero-order chi connectivity index (χ0) is 29.0. The Morgan fingerprint density at radius 1 is 0.816 bits per heavy atom. The number of pyridine rings is 2. The fourth-order valence-corrected chi connectivity index (χ4v) is 2.18. The molecule has 0 unspecified atom stereocenters. The lowest BCUT2D eigenvalue weighted by molar-refractivity contribution is -0.742. The van der Waals surface area contributed by atoms with Gasteiger partial charge in [-0.1, -0.05) is 0 Å². The molecule has 38 heavy (non-hydrogen) atoms. The maximum atomic E-state index is 13.3. The molecule has 4 rings (SSSR count). The van der Waals surface area contributed by atoms with Crippen molar-refractivity contribution in [2.45, 2.75) is 0 Å². The van der Waals surface area contributed by atoms with E-state index < -0.39 is 55.3 Å². The van der Waals surface area contributed by atoms with Gasteiger partial charge in [0.15, 0.2) is 17.3 Å². The Labute approximate surface area is 206 Å². The minimum Gasteiger partial charge on any atom is -0.328 e. The van der Waals surface area contributed by atoms with Crippen molar-refractivity contribution in [1.29, 1.82) is 0 Å². The molecule has 5 N–H and O–H groups in total. The highest BCUT2D eigenvalue weighted by Crippen LogP contribution is 2.27. The maximum absolute atomic E-state index is 13.3. The van der Waals surface area contributed by atoms with Gasteiger partial charge in [-0.2, -0.15) is 27.4 Å². The largest absolute Gasteiger partial charge is 0.394 e. The number of rotatable bonds is 3. The topological polar surface area (TPSA) is 264 Å². The Morgan fingerprint density at radius 3 is 1.74 bits per heavy atom. The van der Waals surface area contributed by atoms with Crippen molar-refractivity contribution in [3.63, 3.8) is 0 Å². The second-order valence-corrected chi connectivity index (χ2v) is 6.87. The van der Waals surface area contributed by atoms with Gasteiger partial charge in [0, 0.05) is 6.20 Å². The molecule has 4 heterocycles. The second-order valence-electron chi connectivity index (χ2n) is 5.97. The number of nitro groups is 1. The van der Waals surface area contributed by atoms with Crippen LogP contribution < -0.4 is 0 Å². The van der Waals surface area contributed by atoms with Crippen molar-refractivity contribution in [2.24, 2.45) is 0 Å². The van der Waals surface area contributed by atoms with Crippen LogP contribution in [-0.2, 0) is 10.4 Å². The van der Waals surface area contributed by atoms with Crippen LogP contribution in [0.25, 0.3) is 22.8 Å². The number of hydrogen-bond acceptors (Lipinski definition) is 10. The van der Waals surface area contributed by atoms with Crippen LogP contribution in [0.2, 0.25) is 0 Å². The first-order valence-corrected chi connectivity index (χ1v) is 10.3. The number of aromatic nitrogens is 6. The highest BCUT2D eigenvalue weighted by molar-refractivity contribution is 7.79. The Bertz CT molecular complexity index is 1470. The lowest BCUT2D eigenvalue weighted by Gasteiger charge is -1.98. The third kappa shape index (κ3) is 11.1. The molecule has 17 nitrogen and oxygen atoms in total. The second kappa shape index (κ2) is 13.9. The molecule has 0 spiro atoms. The normalized spacial score (nSPS) is 10.1. The number of nitrogens with zero attached hydrogens (tertiary/aromatic N) is 6. The molecule has 4 aromatic heterocycles. The van der Waals surface area contributed by atoms with Crippen LogP contribution >= 0.6 is 0 Å². The molecule has 22 heteroatoms. The van der Waals surface area contributed by atoms with E-state index in [9.17, 15) is 27.7 Å². The summed E-state index contributed by atoms with van der Waals surface area (Å²) in [6.45, 7) is 0. The maximum Gasteiger partial charge on any atom is 0.394 e. The van der Waals surface area contributed by atoms with Crippen LogP contribution in [-0.4, -0.2) is 63.1 Å². The predicted octanol–water partition coefficient (Wildman–Crippen LogP) is 2.41. The number of halogens is 4. The van der Waals surface area contributed by atoms with E-state index in [4.69, 9.17) is 32.8 Å². The SMILES string of the molecule is Fc1ccc(F)c(-c2ccn[nH]2)n1.O=S(=O)(O)O.O=[N+]([O-])O.O=[N+]([O-])c1cn[nH]c1-c1nc(F)ccc1F. The molecule has 0 atom stereocenters. The Hall–Kier alpha value is -5.09. The summed E-state index contributed by atoms with van der Waals surface area (Å²) in [5, 5.41) is 35.9. The van der Waals surface area contributed by atoms with Crippen molar-refractivity contribution >= 4 is 16.1 Å². The summed E-state index contributed by atoms with van der Waals surface area (Å²) < 4.78 is 83.3. The third-order valence-electron chi connectivity index (χ3n) is 3.43. The van der Waals surface area contributed by atoms with Gasteiger partial charge in [-0.05, 0) is 30.3 Å². The van der Waals surface area contributed by atoms with Gasteiger partial charge in [0.2, 0.25) is 11.9 Å². The van der Waals surface area contributed by atoms with E-state index >= 15 is 0 Å². The van der Waals surface area contributed by atoms with Crippen molar-refractivity contribution in [1.82, 2.24) is 30.4 Å². The molecular weight excluding hydrogens is 556 g/mol. The van der Waals surface area contributed by atoms with Gasteiger partial charge in [-0.15, -0.1) is 10.1 Å². The standard InChI is InChI=1S/C8H4F2N4O2.C8H5F2N3.HNO3.H2O4S/c9-4-1-2-6(10)12-7(4)8-5(14(15)16)3-11-13-8;9-5-1-2-7(10)12-8(5)6-3-4-11-13-6;2-1(3)4;1-5(2,3)4/h1-3H,(H,11,13);1-4H,(H,11,13);(H,2,3,4);(H2,1,2,3,4). The first-order valence-electron chi connectivity index (χ1n) is 8.95. The average molecular weight is 568 g/mol. The fraction of sp³-hybridized carbons (Fsp3) is 0. The van der Waals surface area contributed by atoms with Crippen molar-refractivity contribution in [3.05, 3.63) is 86.5 Å². The number of nitrogens with one attached hydrogen (secondary N) is 2. The van der Waals surface area contributed by atoms with E-state index in [1.165, 1.54) is 12.3 Å². The molecule has 0 saturated carbocycles. The van der Waals surface area contributed by atoms with Crippen LogP contribution in [0.4, 0.5) is 23.2 Å². The van der Waals surface area contributed by atoms with E-state index in [0.29, 0.717) is 5.69 Å². The van der Waals surface area contributed by atoms with Gasteiger partial charge in [0.1, 0.15) is 17.6 Å². The van der Waals surface area contributed by atoms with Gasteiger partial charge in [-0.3, -0.25) is 29.4 Å². The summed E-state index contributed by atoms with van der Waals surface area (Å²) in [7, 11) is -4.67. The average Bonchev–Trinajstić information content (AvgIpc) is 3.48. The summed E-state index contributed by atoms with van der Waals surface area (Å²) in [6.07, 6.45) is 2.35. The highest BCUT2D eigenvalue weighted by Gasteiger charge is 2.22. The van der Waals surface area contributed by atoms with Crippen molar-refractivity contribution < 1.29 is 50.3 Å². The molecule has 0 radical (unpaired) electrons. The van der Waals surface area contributed by atoms with E-state index in [1.54, 1.807) is 0 Å². The van der Waals surface area contributed by atoms with E-state index in [0.717, 1.165) is 30.5 Å². The van der Waals surface area contributed by atoms with Gasteiger partial charge in [0.05, 0.1) is 10.6 Å². The van der Waals surface area contributed by atoms with Crippen LogP contribution in [0, 0.1) is 43.8 Å². The third-order valence-corrected chi connectivity index (χ3v) is 3.43. The molecule has 0 bridgehead atoms. The minimum absolute atomic E-state index is 0.0579. The molecular formula is C16H12F4N8O9S. The Morgan fingerprint density at radius 2 is 1.29 bits per heavy atom. The van der Waals surface area contributed by atoms with Gasteiger partial charge >= 0.3 is 16.1 Å². The smallest absolute Gasteiger partial charge is 0.328 e. The van der Waals surface area contributed by atoms with Gasteiger partial charge < -0.3 is 5.21 Å². The zero-order valence-electron chi connectivity index (χ0n) is 17.9. The first kappa shape index (κ1) is 30.9. The first-order chi connectivity index (χ1) is 17.6. The van der Waals surface area contributed by atoms with E-state index in [1.807, 2.05) is 0 Å². The summed E-state index contributed by atoms with van der Waals surface area (Å²) in [4.78, 5) is 24.8. The fourth-order valence-electron chi connectivity index (χ4n) is 2.18. The zero-order valence-corrected chi connectivity index (χ0v) is 18.8. The van der Waals surface area contributed by atoms with Crippen LogP contribution in [0.5, 0.6) is 0 Å². The molecule has 204 valence electrons. The minimum atomic E-state index is -4.67. The number of hydrogen-bond donors (Lipinski definition) is 5. The van der Waals surface area contributed by atoms with Crippen LogP contribution in [0.3, 0.4) is 0 Å². The van der Waals surface area contributed by atoms with Crippen LogP contribution in [0.15, 0.2) is 42.7 Å². The Balaban J connectivity index is 0.000000293. The quantitative estimate of drug-likeness (QED) is 0.0782. The van der Waals surface area contributed by atoms with E-state index in [-0.39, 0.29) is 11.4 Å². The lowest BCUT2D eigenvalue weighted by Crippen LogP contribution is -1.96. The predicted molar refractivity (Wildman–Crippen MR) is 113 cm³/mol. The molecule has 0 amide bonds. The highest BCUT2D eigenvalue weighted by atomic mass is 32.3.